The molecule has 144 valence electrons. The Morgan fingerprint density at radius 2 is 1.60 bits per heavy atom. The average molecular weight is 352 g/mol. The lowest BCUT2D eigenvalue weighted by molar-refractivity contribution is -0.155. The van der Waals surface area contributed by atoms with Crippen molar-refractivity contribution in [3.05, 3.63) is 12.3 Å². The quantitative estimate of drug-likeness (QED) is 0.590. The molecule has 0 aromatic heterocycles. The van der Waals surface area contributed by atoms with Crippen molar-refractivity contribution in [2.45, 2.75) is 79.8 Å². The van der Waals surface area contributed by atoms with Gasteiger partial charge in [0.2, 0.25) is 5.91 Å². The molecule has 1 aliphatic rings. The maximum Gasteiger partial charge on any atom is 0.309 e. The third kappa shape index (κ3) is 7.62. The zero-order valence-corrected chi connectivity index (χ0v) is 17.2. The van der Waals surface area contributed by atoms with Crippen LogP contribution in [-0.4, -0.2) is 29.9 Å². The van der Waals surface area contributed by atoms with Crippen molar-refractivity contribution in [3.63, 3.8) is 0 Å². The van der Waals surface area contributed by atoms with Gasteiger partial charge in [0, 0.05) is 19.2 Å². The van der Waals surface area contributed by atoms with E-state index in [1.165, 1.54) is 0 Å². The van der Waals surface area contributed by atoms with E-state index in [0.717, 1.165) is 25.7 Å². The van der Waals surface area contributed by atoms with E-state index in [9.17, 15) is 9.59 Å². The van der Waals surface area contributed by atoms with Crippen molar-refractivity contribution >= 4 is 11.9 Å². The van der Waals surface area contributed by atoms with Gasteiger partial charge in [-0.25, -0.2) is 0 Å². The van der Waals surface area contributed by atoms with Crippen molar-refractivity contribution in [3.8, 4) is 0 Å². The fourth-order valence-electron chi connectivity index (χ4n) is 3.39. The second-order valence-electron chi connectivity index (χ2n) is 9.04. The molecule has 1 heterocycles. The highest BCUT2D eigenvalue weighted by atomic mass is 16.5. The monoisotopic (exact) mass is 351 g/mol. The Morgan fingerprint density at radius 1 is 1.04 bits per heavy atom. The highest BCUT2D eigenvalue weighted by molar-refractivity contribution is 5.79. The fraction of sp³-hybridized carbons (Fsp3) is 0.810. The Labute approximate surface area is 154 Å². The van der Waals surface area contributed by atoms with E-state index in [1.54, 1.807) is 24.2 Å². The van der Waals surface area contributed by atoms with Crippen LogP contribution in [0.15, 0.2) is 12.3 Å². The molecular weight excluding hydrogens is 314 g/mol. The molecule has 0 aliphatic carbocycles. The Morgan fingerprint density at radius 3 is 2.16 bits per heavy atom. The minimum absolute atomic E-state index is 0.000593. The summed E-state index contributed by atoms with van der Waals surface area (Å²) in [6.45, 7) is 12.8. The van der Waals surface area contributed by atoms with E-state index in [2.05, 4.69) is 34.6 Å². The van der Waals surface area contributed by atoms with E-state index in [-0.39, 0.29) is 35.7 Å². The summed E-state index contributed by atoms with van der Waals surface area (Å²) in [6.07, 6.45) is 7.52. The summed E-state index contributed by atoms with van der Waals surface area (Å²) in [4.78, 5) is 26.2. The predicted octanol–water partition coefficient (Wildman–Crippen LogP) is 4.79. The van der Waals surface area contributed by atoms with Crippen molar-refractivity contribution in [2.24, 2.45) is 23.2 Å². The number of carbonyl (C=O) groups excluding carboxylic acids is 2. The molecule has 1 rings (SSSR count). The van der Waals surface area contributed by atoms with Gasteiger partial charge in [-0.05, 0) is 30.1 Å². The topological polar surface area (TPSA) is 46.6 Å². The second-order valence-corrected chi connectivity index (χ2v) is 9.04. The first-order chi connectivity index (χ1) is 11.5. The number of amides is 1. The lowest BCUT2D eigenvalue weighted by Gasteiger charge is -2.32. The zero-order chi connectivity index (χ0) is 19.2. The summed E-state index contributed by atoms with van der Waals surface area (Å²) >= 11 is 0. The highest BCUT2D eigenvalue weighted by Crippen LogP contribution is 2.31. The molecule has 0 spiro atoms. The Hall–Kier alpha value is -1.32. The Bertz CT molecular complexity index is 478. The number of nitrogens with zero attached hydrogens (tertiary/aromatic N) is 1. The van der Waals surface area contributed by atoms with Gasteiger partial charge in [0.25, 0.3) is 0 Å². The average Bonchev–Trinajstić information content (AvgIpc) is 2.49. The van der Waals surface area contributed by atoms with Gasteiger partial charge in [-0.3, -0.25) is 9.59 Å². The van der Waals surface area contributed by atoms with Crippen molar-refractivity contribution in [1.82, 2.24) is 4.90 Å². The molecule has 4 nitrogen and oxygen atoms in total. The van der Waals surface area contributed by atoms with Gasteiger partial charge in [-0.15, -0.1) is 0 Å². The molecule has 1 amide bonds. The molecule has 0 N–H and O–H groups in total. The number of hydrogen-bond donors (Lipinski definition) is 0. The maximum atomic E-state index is 12.4. The van der Waals surface area contributed by atoms with Crippen LogP contribution in [0, 0.1) is 23.2 Å². The number of ether oxygens (including phenoxy) is 1. The minimum Gasteiger partial charge on any atom is -0.462 e. The van der Waals surface area contributed by atoms with E-state index in [0.29, 0.717) is 11.8 Å². The molecule has 0 saturated heterocycles. The Kier molecular flexibility index (Phi) is 8.17. The van der Waals surface area contributed by atoms with Crippen LogP contribution in [0.1, 0.15) is 73.6 Å². The molecule has 0 saturated carbocycles. The molecular formula is C21H37NO3. The van der Waals surface area contributed by atoms with Crippen LogP contribution in [0.5, 0.6) is 0 Å². The van der Waals surface area contributed by atoms with E-state index in [1.807, 2.05) is 6.92 Å². The first kappa shape index (κ1) is 21.7. The van der Waals surface area contributed by atoms with Crippen LogP contribution in [0.3, 0.4) is 0 Å². The van der Waals surface area contributed by atoms with Crippen LogP contribution in [-0.2, 0) is 14.3 Å². The molecule has 0 bridgehead atoms. The van der Waals surface area contributed by atoms with Crippen molar-refractivity contribution in [2.75, 3.05) is 7.05 Å². The van der Waals surface area contributed by atoms with Gasteiger partial charge >= 0.3 is 5.97 Å². The Balaban J connectivity index is 2.93. The van der Waals surface area contributed by atoms with Gasteiger partial charge < -0.3 is 9.64 Å². The largest absolute Gasteiger partial charge is 0.462 e. The minimum atomic E-state index is -0.222. The fourth-order valence-corrected chi connectivity index (χ4v) is 3.39. The molecule has 25 heavy (non-hydrogen) atoms. The highest BCUT2D eigenvalue weighted by Gasteiger charge is 2.30. The summed E-state index contributed by atoms with van der Waals surface area (Å²) in [5.41, 5.74) is -0.0749. The van der Waals surface area contributed by atoms with E-state index < -0.39 is 0 Å². The molecule has 0 fully saturated rings. The second kappa shape index (κ2) is 9.40. The third-order valence-corrected chi connectivity index (χ3v) is 5.15. The van der Waals surface area contributed by atoms with Gasteiger partial charge in [-0.1, -0.05) is 60.5 Å². The number of carbonyl (C=O) groups is 2. The molecule has 4 heteroatoms. The van der Waals surface area contributed by atoms with Crippen LogP contribution >= 0.6 is 0 Å². The molecule has 4 atom stereocenters. The van der Waals surface area contributed by atoms with Crippen LogP contribution in [0.2, 0.25) is 0 Å². The summed E-state index contributed by atoms with van der Waals surface area (Å²) in [5.74, 6) is 0.889. The lowest BCUT2D eigenvalue weighted by Crippen LogP contribution is -2.33. The SMILES string of the molecule is C[C@@H]1CC[C@H](C)C[C@@H](C(C)(C)C)OC(=O)C/C=C/N(C)C(=O)[C@H](C)C1. The van der Waals surface area contributed by atoms with Gasteiger partial charge in [0.1, 0.15) is 6.10 Å². The summed E-state index contributed by atoms with van der Waals surface area (Å²) < 4.78 is 5.78. The summed E-state index contributed by atoms with van der Waals surface area (Å²) in [5, 5.41) is 0. The van der Waals surface area contributed by atoms with Gasteiger partial charge in [0.15, 0.2) is 0 Å². The molecule has 0 radical (unpaired) electrons. The first-order valence-electron chi connectivity index (χ1n) is 9.63. The molecule has 0 aromatic carbocycles. The zero-order valence-electron chi connectivity index (χ0n) is 17.2. The number of hydrogen-bond acceptors (Lipinski definition) is 3. The number of esters is 1. The van der Waals surface area contributed by atoms with Crippen LogP contribution < -0.4 is 0 Å². The predicted molar refractivity (Wildman–Crippen MR) is 102 cm³/mol. The van der Waals surface area contributed by atoms with Crippen molar-refractivity contribution < 1.29 is 14.3 Å². The number of rotatable bonds is 0. The molecule has 1 aliphatic heterocycles. The summed E-state index contributed by atoms with van der Waals surface area (Å²) in [7, 11) is 1.75. The smallest absolute Gasteiger partial charge is 0.309 e. The lowest BCUT2D eigenvalue weighted by atomic mass is 9.81. The van der Waals surface area contributed by atoms with Gasteiger partial charge in [0.05, 0.1) is 6.42 Å². The summed E-state index contributed by atoms with van der Waals surface area (Å²) in [6, 6.07) is 0. The van der Waals surface area contributed by atoms with E-state index in [4.69, 9.17) is 4.74 Å². The van der Waals surface area contributed by atoms with Gasteiger partial charge in [-0.2, -0.15) is 0 Å². The van der Waals surface area contributed by atoms with Crippen LogP contribution in [0.25, 0.3) is 0 Å². The molecule has 0 aromatic rings. The number of cyclic esters (lactones) is 1. The third-order valence-electron chi connectivity index (χ3n) is 5.15. The maximum absolute atomic E-state index is 12.4. The van der Waals surface area contributed by atoms with E-state index >= 15 is 0 Å². The normalized spacial score (nSPS) is 32.5. The first-order valence-corrected chi connectivity index (χ1v) is 9.63. The van der Waals surface area contributed by atoms with Crippen LogP contribution in [0.4, 0.5) is 0 Å². The van der Waals surface area contributed by atoms with Crippen molar-refractivity contribution in [1.29, 1.82) is 0 Å². The standard InChI is InChI=1S/C21H37NO3/c1-15-10-11-16(2)14-18(21(4,5)6)25-19(23)9-8-12-22(7)20(24)17(3)13-15/h8,12,15-18H,9-11,13-14H2,1-7H3/b12-8+/t15-,16+,17-,18+/m1/s1. The molecule has 0 unspecified atom stereocenters.